The number of aromatic nitrogens is 2. The van der Waals surface area contributed by atoms with E-state index in [-0.39, 0.29) is 11.9 Å². The number of carbonyl (C=O) groups excluding carboxylic acids is 1. The van der Waals surface area contributed by atoms with Crippen LogP contribution in [0.5, 0.6) is 0 Å². The number of nitrogens with one attached hydrogen (secondary N) is 1. The minimum Gasteiger partial charge on any atom is -0.464 e. The fourth-order valence-corrected chi connectivity index (χ4v) is 3.42. The number of amides is 1. The van der Waals surface area contributed by atoms with Crippen LogP contribution in [0.25, 0.3) is 16.7 Å². The van der Waals surface area contributed by atoms with Crippen molar-refractivity contribution in [2.45, 2.75) is 33.2 Å². The van der Waals surface area contributed by atoms with E-state index < -0.39 is 0 Å². The van der Waals surface area contributed by atoms with Gasteiger partial charge in [-0.2, -0.15) is 0 Å². The van der Waals surface area contributed by atoms with Gasteiger partial charge in [0.1, 0.15) is 5.58 Å². The van der Waals surface area contributed by atoms with Crippen LogP contribution in [0.4, 0.5) is 0 Å². The Labute approximate surface area is 164 Å². The zero-order chi connectivity index (χ0) is 19.7. The van der Waals surface area contributed by atoms with Gasteiger partial charge in [-0.1, -0.05) is 24.3 Å². The van der Waals surface area contributed by atoms with Gasteiger partial charge in [-0.25, -0.2) is 4.98 Å². The van der Waals surface area contributed by atoms with Gasteiger partial charge < -0.3 is 14.3 Å². The number of rotatable bonds is 5. The molecule has 2 aromatic heterocycles. The van der Waals surface area contributed by atoms with Crippen LogP contribution in [-0.2, 0) is 11.2 Å². The summed E-state index contributed by atoms with van der Waals surface area (Å²) in [5.74, 6) is -0.0212. The Hall–Kier alpha value is -3.34. The summed E-state index contributed by atoms with van der Waals surface area (Å²) in [6.07, 6.45) is 7.41. The molecule has 0 saturated heterocycles. The van der Waals surface area contributed by atoms with Crippen molar-refractivity contribution in [2.75, 3.05) is 0 Å². The van der Waals surface area contributed by atoms with Crippen LogP contribution in [0.2, 0.25) is 0 Å². The minimum absolute atomic E-state index is 0.0212. The monoisotopic (exact) mass is 373 g/mol. The highest BCUT2D eigenvalue weighted by molar-refractivity contribution is 5.89. The van der Waals surface area contributed by atoms with Gasteiger partial charge >= 0.3 is 0 Å². The molecule has 0 spiro atoms. The number of hydrogen-bond donors (Lipinski definition) is 1. The number of hydrogen-bond acceptors (Lipinski definition) is 3. The van der Waals surface area contributed by atoms with Gasteiger partial charge in [-0.3, -0.25) is 4.79 Å². The number of imidazole rings is 1. The van der Waals surface area contributed by atoms with Gasteiger partial charge in [0.25, 0.3) is 0 Å². The van der Waals surface area contributed by atoms with Crippen LogP contribution >= 0.6 is 0 Å². The van der Waals surface area contributed by atoms with Gasteiger partial charge in [-0.15, -0.1) is 0 Å². The van der Waals surface area contributed by atoms with Crippen LogP contribution in [0.3, 0.4) is 0 Å². The molecule has 0 bridgehead atoms. The highest BCUT2D eigenvalue weighted by atomic mass is 16.3. The predicted molar refractivity (Wildman–Crippen MR) is 110 cm³/mol. The maximum atomic E-state index is 12.6. The molecule has 4 rings (SSSR count). The Morgan fingerprint density at radius 2 is 1.96 bits per heavy atom. The van der Waals surface area contributed by atoms with E-state index in [4.69, 9.17) is 4.42 Å². The number of benzene rings is 2. The SMILES string of the molecule is Cc1ccc2c(CC(=O)N[C@@H](C)c3ccc(-n4ccnc4)cc3)coc2c1C. The molecule has 0 saturated carbocycles. The molecule has 1 N–H and O–H groups in total. The third-order valence-corrected chi connectivity index (χ3v) is 5.27. The standard InChI is InChI=1S/C23H23N3O2/c1-15-4-9-21-19(13-28-23(21)16(15)2)12-22(27)25-17(3)18-5-7-20(8-6-18)26-11-10-24-14-26/h4-11,13-14,17H,12H2,1-3H3,(H,25,27)/t17-/m0/s1. The molecule has 2 aromatic carbocycles. The van der Waals surface area contributed by atoms with E-state index >= 15 is 0 Å². The van der Waals surface area contributed by atoms with Gasteiger partial charge in [-0.05, 0) is 49.6 Å². The summed E-state index contributed by atoms with van der Waals surface area (Å²) >= 11 is 0. The van der Waals surface area contributed by atoms with Crippen molar-refractivity contribution in [3.63, 3.8) is 0 Å². The third-order valence-electron chi connectivity index (χ3n) is 5.27. The molecule has 4 aromatic rings. The molecule has 142 valence electrons. The topological polar surface area (TPSA) is 60.1 Å². The first-order valence-electron chi connectivity index (χ1n) is 9.37. The average molecular weight is 373 g/mol. The van der Waals surface area contributed by atoms with Crippen molar-refractivity contribution in [3.8, 4) is 5.69 Å². The molecule has 0 radical (unpaired) electrons. The lowest BCUT2D eigenvalue weighted by Crippen LogP contribution is -2.28. The molecule has 1 amide bonds. The second-order valence-electron chi connectivity index (χ2n) is 7.17. The summed E-state index contributed by atoms with van der Waals surface area (Å²) in [5.41, 5.74) is 6.18. The van der Waals surface area contributed by atoms with Gasteiger partial charge in [0.15, 0.2) is 0 Å². The van der Waals surface area contributed by atoms with E-state index in [1.165, 1.54) is 5.56 Å². The van der Waals surface area contributed by atoms with Crippen LogP contribution in [0, 0.1) is 13.8 Å². The molecule has 1 atom stereocenters. The average Bonchev–Trinajstić information content (AvgIpc) is 3.35. The van der Waals surface area contributed by atoms with E-state index in [2.05, 4.69) is 23.3 Å². The fourth-order valence-electron chi connectivity index (χ4n) is 3.42. The summed E-state index contributed by atoms with van der Waals surface area (Å²) in [5, 5.41) is 4.09. The molecule has 5 heteroatoms. The zero-order valence-electron chi connectivity index (χ0n) is 16.3. The molecule has 0 fully saturated rings. The molecule has 0 aliphatic rings. The van der Waals surface area contributed by atoms with Crippen molar-refractivity contribution < 1.29 is 9.21 Å². The number of furan rings is 1. The largest absolute Gasteiger partial charge is 0.464 e. The van der Waals surface area contributed by atoms with Crippen molar-refractivity contribution in [2.24, 2.45) is 0 Å². The second-order valence-corrected chi connectivity index (χ2v) is 7.17. The summed E-state index contributed by atoms with van der Waals surface area (Å²) in [6, 6.07) is 12.1. The lowest BCUT2D eigenvalue weighted by atomic mass is 10.0. The van der Waals surface area contributed by atoms with Crippen molar-refractivity contribution in [1.29, 1.82) is 0 Å². The Balaban J connectivity index is 1.44. The molecule has 2 heterocycles. The highest BCUT2D eigenvalue weighted by Crippen LogP contribution is 2.27. The molecule has 0 aliphatic carbocycles. The zero-order valence-corrected chi connectivity index (χ0v) is 16.3. The molecule has 0 unspecified atom stereocenters. The van der Waals surface area contributed by atoms with Gasteiger partial charge in [0.05, 0.1) is 25.1 Å². The van der Waals surface area contributed by atoms with Crippen LogP contribution < -0.4 is 5.32 Å². The Bertz CT molecular complexity index is 1110. The summed E-state index contributed by atoms with van der Waals surface area (Å²) in [6.45, 7) is 6.09. The van der Waals surface area contributed by atoms with E-state index in [0.717, 1.165) is 33.3 Å². The van der Waals surface area contributed by atoms with Crippen molar-refractivity contribution >= 4 is 16.9 Å². The van der Waals surface area contributed by atoms with Crippen molar-refractivity contribution in [1.82, 2.24) is 14.9 Å². The molecule has 0 aliphatic heterocycles. The molecule has 5 nitrogen and oxygen atoms in total. The summed E-state index contributed by atoms with van der Waals surface area (Å²) in [7, 11) is 0. The normalized spacial score (nSPS) is 12.2. The van der Waals surface area contributed by atoms with Crippen LogP contribution in [0.1, 0.15) is 35.2 Å². The first-order valence-corrected chi connectivity index (χ1v) is 9.37. The Morgan fingerprint density at radius 3 is 2.68 bits per heavy atom. The highest BCUT2D eigenvalue weighted by Gasteiger charge is 2.15. The molecular weight excluding hydrogens is 350 g/mol. The lowest BCUT2D eigenvalue weighted by Gasteiger charge is -2.15. The number of fused-ring (bicyclic) bond motifs is 1. The second kappa shape index (κ2) is 7.35. The van der Waals surface area contributed by atoms with Crippen molar-refractivity contribution in [3.05, 3.63) is 83.6 Å². The maximum Gasteiger partial charge on any atom is 0.225 e. The first-order chi connectivity index (χ1) is 13.5. The molecular formula is C23H23N3O2. The quantitative estimate of drug-likeness (QED) is 0.554. The lowest BCUT2D eigenvalue weighted by molar-refractivity contribution is -0.121. The fraction of sp³-hybridized carbons (Fsp3) is 0.217. The smallest absolute Gasteiger partial charge is 0.225 e. The van der Waals surface area contributed by atoms with E-state index in [1.807, 2.05) is 54.9 Å². The number of aryl methyl sites for hydroxylation is 2. The van der Waals surface area contributed by atoms with E-state index in [0.29, 0.717) is 6.42 Å². The Kier molecular flexibility index (Phi) is 4.74. The first kappa shape index (κ1) is 18.0. The third kappa shape index (κ3) is 3.43. The summed E-state index contributed by atoms with van der Waals surface area (Å²) in [4.78, 5) is 16.6. The van der Waals surface area contributed by atoms with E-state index in [1.54, 1.807) is 18.8 Å². The van der Waals surface area contributed by atoms with Gasteiger partial charge in [0, 0.05) is 29.0 Å². The maximum absolute atomic E-state index is 12.6. The number of carbonyl (C=O) groups is 1. The number of nitrogens with zero attached hydrogens (tertiary/aromatic N) is 2. The van der Waals surface area contributed by atoms with Gasteiger partial charge in [0.2, 0.25) is 5.91 Å². The molecule has 28 heavy (non-hydrogen) atoms. The Morgan fingerprint density at radius 1 is 1.18 bits per heavy atom. The minimum atomic E-state index is -0.0773. The van der Waals surface area contributed by atoms with Crippen LogP contribution in [-0.4, -0.2) is 15.5 Å². The summed E-state index contributed by atoms with van der Waals surface area (Å²) < 4.78 is 7.66. The predicted octanol–water partition coefficient (Wildman–Crippen LogP) is 4.66. The van der Waals surface area contributed by atoms with E-state index in [9.17, 15) is 4.79 Å². The van der Waals surface area contributed by atoms with Crippen LogP contribution in [0.15, 0.2) is 65.8 Å².